The molecule has 158 valence electrons. The van der Waals surface area contributed by atoms with E-state index in [0.717, 1.165) is 23.2 Å². The average Bonchev–Trinajstić information content (AvgIpc) is 3.28. The maximum absolute atomic E-state index is 12.9. The topological polar surface area (TPSA) is 101 Å². The number of hydrogen-bond donors (Lipinski definition) is 1. The number of rotatable bonds is 2. The van der Waals surface area contributed by atoms with Gasteiger partial charge in [0, 0.05) is 18.3 Å². The first kappa shape index (κ1) is 19.9. The molecule has 1 aromatic carbocycles. The quantitative estimate of drug-likeness (QED) is 0.674. The van der Waals surface area contributed by atoms with Crippen LogP contribution in [0.4, 0.5) is 10.5 Å². The monoisotopic (exact) mass is 423 g/mol. The number of benzene rings is 1. The minimum absolute atomic E-state index is 0.0493. The number of aryl methyl sites for hydroxylation is 1. The molecule has 0 saturated carbocycles. The fourth-order valence-corrected chi connectivity index (χ4v) is 5.16. The number of hydrogen-bond acceptors (Lipinski definition) is 5. The Balaban J connectivity index is 1.67. The minimum atomic E-state index is -0.743. The number of Topliss-reactive ketones (excluding diaryl/α,β-unsaturated/α-hetero) is 1. The van der Waals surface area contributed by atoms with Gasteiger partial charge in [-0.3, -0.25) is 9.78 Å². The van der Waals surface area contributed by atoms with Crippen LogP contribution in [0, 0.1) is 23.2 Å². The number of amides is 1. The van der Waals surface area contributed by atoms with E-state index < -0.39 is 11.4 Å². The van der Waals surface area contributed by atoms with Crippen LogP contribution in [0.25, 0.3) is 0 Å². The number of pyridine rings is 1. The van der Waals surface area contributed by atoms with Crippen LogP contribution in [0.3, 0.4) is 0 Å². The number of carbonyl (C=O) groups excluding carboxylic acids is 2. The van der Waals surface area contributed by atoms with Gasteiger partial charge in [-0.1, -0.05) is 37.3 Å². The molecular formula is C25H21N5O2. The highest BCUT2D eigenvalue weighted by molar-refractivity contribution is 6.02. The fraction of sp³-hybridized carbons (Fsp3) is 0.240. The zero-order chi connectivity index (χ0) is 22.3. The zero-order valence-electron chi connectivity index (χ0n) is 17.5. The van der Waals surface area contributed by atoms with Crippen molar-refractivity contribution in [3.63, 3.8) is 0 Å². The second kappa shape index (κ2) is 7.57. The van der Waals surface area contributed by atoms with Gasteiger partial charge in [0.15, 0.2) is 5.78 Å². The predicted molar refractivity (Wildman–Crippen MR) is 118 cm³/mol. The van der Waals surface area contributed by atoms with Gasteiger partial charge in [0.05, 0.1) is 28.6 Å². The van der Waals surface area contributed by atoms with Gasteiger partial charge in [0.25, 0.3) is 0 Å². The highest BCUT2D eigenvalue weighted by Gasteiger charge is 2.53. The summed E-state index contributed by atoms with van der Waals surface area (Å²) >= 11 is 0. The molecule has 1 unspecified atom stereocenters. The van der Waals surface area contributed by atoms with Crippen molar-refractivity contribution in [1.82, 2.24) is 14.8 Å². The molecule has 0 aliphatic heterocycles. The molecule has 0 saturated heterocycles. The highest BCUT2D eigenvalue weighted by Crippen LogP contribution is 2.53. The third-order valence-corrected chi connectivity index (χ3v) is 6.64. The number of ketones is 1. The van der Waals surface area contributed by atoms with Crippen molar-refractivity contribution in [3.05, 3.63) is 89.5 Å². The molecule has 7 heteroatoms. The number of carbonyl (C=O) groups is 2. The van der Waals surface area contributed by atoms with Crippen molar-refractivity contribution in [2.45, 2.75) is 25.2 Å². The number of allylic oxidation sites excluding steroid dienone is 2. The maximum atomic E-state index is 12.9. The largest absolute Gasteiger partial charge is 0.346 e. The summed E-state index contributed by atoms with van der Waals surface area (Å²) in [4.78, 5) is 29.8. The van der Waals surface area contributed by atoms with Crippen LogP contribution >= 0.6 is 0 Å². The third-order valence-electron chi connectivity index (χ3n) is 6.64. The lowest BCUT2D eigenvalue weighted by Crippen LogP contribution is -2.48. The molecule has 3 atom stereocenters. The van der Waals surface area contributed by atoms with Crippen LogP contribution < -0.4 is 5.32 Å². The van der Waals surface area contributed by atoms with E-state index in [9.17, 15) is 14.9 Å². The summed E-state index contributed by atoms with van der Waals surface area (Å²) in [5.74, 6) is -0.495. The highest BCUT2D eigenvalue weighted by atomic mass is 16.2. The van der Waals surface area contributed by atoms with Gasteiger partial charge in [-0.05, 0) is 48.1 Å². The Bertz CT molecular complexity index is 1270. The van der Waals surface area contributed by atoms with Gasteiger partial charge >= 0.3 is 6.03 Å². The first-order valence-electron chi connectivity index (χ1n) is 10.6. The number of fused-ring (bicyclic) bond motifs is 3. The summed E-state index contributed by atoms with van der Waals surface area (Å²) in [6, 6.07) is 15.0. The van der Waals surface area contributed by atoms with Crippen molar-refractivity contribution in [1.29, 1.82) is 5.26 Å². The molecule has 2 heterocycles. The molecule has 2 aromatic heterocycles. The normalized spacial score (nSPS) is 24.0. The Hall–Kier alpha value is -4.05. The van der Waals surface area contributed by atoms with Gasteiger partial charge in [-0.15, -0.1) is 0 Å². The SMILES string of the molecule is C[C@@H]1C(=O)C(C#N)=C[C@]2(c3ccccc3)c3nn(C(=O)Nc4cccnc4)cc3CCC12. The molecule has 7 nitrogen and oxygen atoms in total. The van der Waals surface area contributed by atoms with Gasteiger partial charge in [0.1, 0.15) is 6.07 Å². The summed E-state index contributed by atoms with van der Waals surface area (Å²) in [7, 11) is 0. The average molecular weight is 423 g/mol. The summed E-state index contributed by atoms with van der Waals surface area (Å²) in [5, 5.41) is 17.2. The lowest BCUT2D eigenvalue weighted by Gasteiger charge is -2.46. The van der Waals surface area contributed by atoms with Gasteiger partial charge in [0.2, 0.25) is 0 Å². The first-order valence-corrected chi connectivity index (χ1v) is 10.6. The molecule has 2 aliphatic carbocycles. The summed E-state index contributed by atoms with van der Waals surface area (Å²) in [6.45, 7) is 1.89. The van der Waals surface area contributed by atoms with Gasteiger partial charge in [-0.25, -0.2) is 4.79 Å². The molecule has 1 amide bonds. The molecule has 1 N–H and O–H groups in total. The van der Waals surface area contributed by atoms with Gasteiger partial charge < -0.3 is 5.32 Å². The second-order valence-electron chi connectivity index (χ2n) is 8.32. The lowest BCUT2D eigenvalue weighted by molar-refractivity contribution is -0.121. The van der Waals surface area contributed by atoms with E-state index in [1.54, 1.807) is 36.8 Å². The summed E-state index contributed by atoms with van der Waals surface area (Å²) in [5.41, 5.74) is 2.63. The fourth-order valence-electron chi connectivity index (χ4n) is 5.16. The van der Waals surface area contributed by atoms with Crippen LogP contribution in [0.1, 0.15) is 30.2 Å². The maximum Gasteiger partial charge on any atom is 0.346 e. The van der Waals surface area contributed by atoms with Crippen LogP contribution in [0.5, 0.6) is 0 Å². The van der Waals surface area contributed by atoms with E-state index in [1.165, 1.54) is 4.68 Å². The van der Waals surface area contributed by atoms with Crippen LogP contribution in [-0.2, 0) is 16.6 Å². The molecule has 0 radical (unpaired) electrons. The Labute approximate surface area is 185 Å². The molecule has 3 aromatic rings. The molecule has 32 heavy (non-hydrogen) atoms. The molecular weight excluding hydrogens is 402 g/mol. The van der Waals surface area contributed by atoms with E-state index in [1.807, 2.05) is 37.3 Å². The van der Waals surface area contributed by atoms with Crippen LogP contribution in [-0.4, -0.2) is 26.6 Å². The summed E-state index contributed by atoms with van der Waals surface area (Å²) < 4.78 is 1.31. The Morgan fingerprint density at radius 2 is 2.06 bits per heavy atom. The molecule has 0 bridgehead atoms. The van der Waals surface area contributed by atoms with E-state index in [-0.39, 0.29) is 23.2 Å². The first-order chi connectivity index (χ1) is 15.5. The van der Waals surface area contributed by atoms with E-state index >= 15 is 0 Å². The zero-order valence-corrected chi connectivity index (χ0v) is 17.5. The number of aromatic nitrogens is 3. The van der Waals surface area contributed by atoms with Crippen molar-refractivity contribution in [2.24, 2.45) is 11.8 Å². The number of anilines is 1. The lowest BCUT2D eigenvalue weighted by atomic mass is 9.54. The van der Waals surface area contributed by atoms with Gasteiger partial charge in [-0.2, -0.15) is 15.0 Å². The van der Waals surface area contributed by atoms with Crippen LogP contribution in [0.15, 0.2) is 72.7 Å². The standard InChI is InChI=1S/C25H21N5O2/c1-16-21-10-9-17-15-30(24(32)28-20-8-5-11-27-14-20)29-23(17)25(21,12-18(13-26)22(16)31)19-6-3-2-4-7-19/h2-8,11-12,14-16,21H,9-10H2,1H3,(H,28,32)/t16-,21?,25+/m0/s1. The Morgan fingerprint density at radius 3 is 2.78 bits per heavy atom. The molecule has 5 rings (SSSR count). The van der Waals surface area contributed by atoms with Crippen LogP contribution in [0.2, 0.25) is 0 Å². The van der Waals surface area contributed by atoms with Crippen molar-refractivity contribution in [2.75, 3.05) is 5.32 Å². The smallest absolute Gasteiger partial charge is 0.305 e. The molecule has 0 fully saturated rings. The number of nitriles is 1. The Morgan fingerprint density at radius 1 is 1.25 bits per heavy atom. The second-order valence-corrected chi connectivity index (χ2v) is 8.32. The van der Waals surface area contributed by atoms with E-state index in [4.69, 9.17) is 5.10 Å². The van der Waals surface area contributed by atoms with E-state index in [0.29, 0.717) is 12.1 Å². The Kier molecular flexibility index (Phi) is 4.71. The van der Waals surface area contributed by atoms with Crippen molar-refractivity contribution in [3.8, 4) is 6.07 Å². The van der Waals surface area contributed by atoms with Crippen molar-refractivity contribution < 1.29 is 9.59 Å². The number of nitrogens with zero attached hydrogens (tertiary/aromatic N) is 4. The predicted octanol–water partition coefficient (Wildman–Crippen LogP) is 3.88. The van der Waals surface area contributed by atoms with E-state index in [2.05, 4.69) is 16.4 Å². The van der Waals surface area contributed by atoms with Crippen molar-refractivity contribution >= 4 is 17.5 Å². The summed E-state index contributed by atoms with van der Waals surface area (Å²) in [6.07, 6.45) is 8.21. The molecule has 0 spiro atoms. The molecule has 2 aliphatic rings. The third kappa shape index (κ3) is 2.95. The number of nitrogens with one attached hydrogen (secondary N) is 1. The minimum Gasteiger partial charge on any atom is -0.305 e.